The number of ether oxygens (including phenoxy) is 1. The molecule has 0 aromatic heterocycles. The molecule has 4 nitrogen and oxygen atoms in total. The van der Waals surface area contributed by atoms with Crippen molar-refractivity contribution in [2.45, 2.75) is 36.8 Å². The number of nitrogens with one attached hydrogen (secondary N) is 1. The lowest BCUT2D eigenvalue weighted by molar-refractivity contribution is -0.122. The van der Waals surface area contributed by atoms with E-state index in [1.54, 1.807) is 24.3 Å². The minimum Gasteiger partial charge on any atom is -0.491 e. The Labute approximate surface area is 134 Å². The first-order valence-electron chi connectivity index (χ1n) is 6.90. The molecule has 116 valence electrons. The molecule has 6 heteroatoms. The summed E-state index contributed by atoms with van der Waals surface area (Å²) < 4.78 is 4.59. The van der Waals surface area contributed by atoms with Crippen LogP contribution in [0.25, 0.3) is 0 Å². The summed E-state index contributed by atoms with van der Waals surface area (Å²) in [5, 5.41) is 12.7. The largest absolute Gasteiger partial charge is 0.491 e. The third-order valence-electron chi connectivity index (χ3n) is 3.25. The van der Waals surface area contributed by atoms with Crippen molar-refractivity contribution in [1.82, 2.24) is 5.32 Å². The van der Waals surface area contributed by atoms with Crippen molar-refractivity contribution in [2.75, 3.05) is 6.54 Å². The topological polar surface area (TPSA) is 58.6 Å². The number of carbonyl (C=O) groups excluding carboxylic acids is 1. The molecule has 1 aliphatic rings. The number of benzene rings is 1. The fraction of sp³-hybridized carbons (Fsp3) is 0.533. The average molecular weight is 332 g/mol. The predicted molar refractivity (Wildman–Crippen MR) is 82.7 cm³/mol. The fourth-order valence-corrected chi connectivity index (χ4v) is 2.48. The Morgan fingerprint density at radius 2 is 2.00 bits per heavy atom. The SMILES string of the molecule is CC(C)Oc1ccc(C(O)CNC(=O)C2CC2(Cl)Cl)cc1. The van der Waals surface area contributed by atoms with Crippen LogP contribution in [0.5, 0.6) is 5.75 Å². The van der Waals surface area contributed by atoms with Crippen LogP contribution in [0.15, 0.2) is 24.3 Å². The Hall–Kier alpha value is -0.970. The minimum absolute atomic E-state index is 0.102. The first kappa shape index (κ1) is 16.4. The van der Waals surface area contributed by atoms with Crippen LogP contribution in [0.1, 0.15) is 31.9 Å². The number of amides is 1. The van der Waals surface area contributed by atoms with Gasteiger partial charge in [0.1, 0.15) is 10.1 Å². The van der Waals surface area contributed by atoms with E-state index in [-0.39, 0.29) is 24.5 Å². The smallest absolute Gasteiger partial charge is 0.226 e. The molecular weight excluding hydrogens is 313 g/mol. The van der Waals surface area contributed by atoms with E-state index in [2.05, 4.69) is 5.32 Å². The molecule has 1 aliphatic carbocycles. The highest BCUT2D eigenvalue weighted by molar-refractivity contribution is 6.52. The minimum atomic E-state index is -0.940. The van der Waals surface area contributed by atoms with Crippen molar-refractivity contribution in [3.05, 3.63) is 29.8 Å². The van der Waals surface area contributed by atoms with Gasteiger partial charge in [-0.05, 0) is 38.0 Å². The Balaban J connectivity index is 1.83. The number of aliphatic hydroxyl groups excluding tert-OH is 1. The number of hydrogen-bond acceptors (Lipinski definition) is 3. The van der Waals surface area contributed by atoms with Crippen LogP contribution in [0.2, 0.25) is 0 Å². The lowest BCUT2D eigenvalue weighted by Crippen LogP contribution is -2.30. The summed E-state index contributed by atoms with van der Waals surface area (Å²) in [6, 6.07) is 7.14. The molecular formula is C15H19Cl2NO3. The fourth-order valence-electron chi connectivity index (χ4n) is 1.98. The summed E-state index contributed by atoms with van der Waals surface area (Å²) in [4.78, 5) is 11.7. The summed E-state index contributed by atoms with van der Waals surface area (Å²) >= 11 is 11.6. The molecule has 0 bridgehead atoms. The number of carbonyl (C=O) groups is 1. The van der Waals surface area contributed by atoms with Crippen molar-refractivity contribution < 1.29 is 14.6 Å². The normalized spacial score (nSPS) is 21.0. The van der Waals surface area contributed by atoms with E-state index in [0.717, 1.165) is 5.75 Å². The molecule has 1 aromatic carbocycles. The molecule has 2 unspecified atom stereocenters. The van der Waals surface area contributed by atoms with Crippen LogP contribution in [-0.2, 0) is 4.79 Å². The molecule has 2 atom stereocenters. The zero-order valence-corrected chi connectivity index (χ0v) is 13.5. The molecule has 21 heavy (non-hydrogen) atoms. The van der Waals surface area contributed by atoms with Crippen molar-refractivity contribution in [3.63, 3.8) is 0 Å². The van der Waals surface area contributed by atoms with E-state index >= 15 is 0 Å². The van der Waals surface area contributed by atoms with Gasteiger partial charge in [0.05, 0.1) is 18.1 Å². The van der Waals surface area contributed by atoms with Crippen LogP contribution in [-0.4, -0.2) is 28.0 Å². The summed E-state index contributed by atoms with van der Waals surface area (Å²) in [5.74, 6) is 0.144. The van der Waals surface area contributed by atoms with E-state index in [4.69, 9.17) is 27.9 Å². The van der Waals surface area contributed by atoms with Crippen molar-refractivity contribution >= 4 is 29.1 Å². The predicted octanol–water partition coefficient (Wildman–Crippen LogP) is 2.82. The second-order valence-electron chi connectivity index (χ2n) is 5.51. The van der Waals surface area contributed by atoms with E-state index in [1.165, 1.54) is 0 Å². The third kappa shape index (κ3) is 4.50. The van der Waals surface area contributed by atoms with Gasteiger partial charge in [0.15, 0.2) is 0 Å². The van der Waals surface area contributed by atoms with Crippen LogP contribution in [0, 0.1) is 5.92 Å². The van der Waals surface area contributed by atoms with Crippen LogP contribution in [0.3, 0.4) is 0 Å². The Bertz CT molecular complexity index is 502. The Morgan fingerprint density at radius 3 is 2.48 bits per heavy atom. The number of rotatable bonds is 6. The monoisotopic (exact) mass is 331 g/mol. The summed E-state index contributed by atoms with van der Waals surface area (Å²) in [5.41, 5.74) is 0.713. The van der Waals surface area contributed by atoms with E-state index < -0.39 is 10.4 Å². The summed E-state index contributed by atoms with van der Waals surface area (Å²) in [6.45, 7) is 4.03. The highest BCUT2D eigenvalue weighted by Crippen LogP contribution is 2.53. The number of aliphatic hydroxyl groups is 1. The lowest BCUT2D eigenvalue weighted by Gasteiger charge is -2.14. The van der Waals surface area contributed by atoms with Gasteiger partial charge in [0.25, 0.3) is 0 Å². The second-order valence-corrected chi connectivity index (χ2v) is 7.06. The molecule has 0 heterocycles. The Morgan fingerprint density at radius 1 is 1.43 bits per heavy atom. The molecule has 0 aliphatic heterocycles. The maximum absolute atomic E-state index is 11.7. The maximum Gasteiger partial charge on any atom is 0.226 e. The maximum atomic E-state index is 11.7. The van der Waals surface area contributed by atoms with Crippen LogP contribution in [0.4, 0.5) is 0 Å². The first-order valence-corrected chi connectivity index (χ1v) is 7.65. The van der Waals surface area contributed by atoms with Crippen molar-refractivity contribution in [3.8, 4) is 5.75 Å². The van der Waals surface area contributed by atoms with Gasteiger partial charge >= 0.3 is 0 Å². The molecule has 1 aromatic rings. The van der Waals surface area contributed by atoms with Crippen molar-refractivity contribution in [2.24, 2.45) is 5.92 Å². The molecule has 1 fully saturated rings. The highest BCUT2D eigenvalue weighted by Gasteiger charge is 2.56. The summed E-state index contributed by atoms with van der Waals surface area (Å²) in [6.07, 6.45) is -0.218. The van der Waals surface area contributed by atoms with Crippen LogP contribution < -0.4 is 10.1 Å². The molecule has 0 spiro atoms. The Kier molecular flexibility index (Phi) is 5.02. The van der Waals surface area contributed by atoms with Gasteiger partial charge in [-0.25, -0.2) is 0 Å². The van der Waals surface area contributed by atoms with E-state index in [1.807, 2.05) is 13.8 Å². The van der Waals surface area contributed by atoms with Gasteiger partial charge in [0.2, 0.25) is 5.91 Å². The van der Waals surface area contributed by atoms with E-state index in [0.29, 0.717) is 12.0 Å². The lowest BCUT2D eigenvalue weighted by atomic mass is 10.1. The van der Waals surface area contributed by atoms with Gasteiger partial charge in [-0.1, -0.05) is 12.1 Å². The van der Waals surface area contributed by atoms with Crippen LogP contribution >= 0.6 is 23.2 Å². The van der Waals surface area contributed by atoms with Gasteiger partial charge in [-0.2, -0.15) is 0 Å². The van der Waals surface area contributed by atoms with Crippen molar-refractivity contribution in [1.29, 1.82) is 0 Å². The highest BCUT2D eigenvalue weighted by atomic mass is 35.5. The number of alkyl halides is 2. The standard InChI is InChI=1S/C15H19Cl2NO3/c1-9(2)21-11-5-3-10(4-6-11)13(19)8-18-14(20)12-7-15(12,16)17/h3-6,9,12-13,19H,7-8H2,1-2H3,(H,18,20). The van der Waals surface area contributed by atoms with Gasteiger partial charge < -0.3 is 15.2 Å². The number of halogens is 2. The summed E-state index contributed by atoms with van der Waals surface area (Å²) in [7, 11) is 0. The molecule has 0 saturated heterocycles. The second kappa shape index (κ2) is 6.42. The molecule has 1 amide bonds. The van der Waals surface area contributed by atoms with Gasteiger partial charge in [-0.15, -0.1) is 23.2 Å². The zero-order valence-electron chi connectivity index (χ0n) is 12.0. The number of hydrogen-bond donors (Lipinski definition) is 2. The quantitative estimate of drug-likeness (QED) is 0.788. The third-order valence-corrected chi connectivity index (χ3v) is 4.08. The van der Waals surface area contributed by atoms with E-state index in [9.17, 15) is 9.90 Å². The molecule has 2 rings (SSSR count). The molecule has 1 saturated carbocycles. The van der Waals surface area contributed by atoms with Gasteiger partial charge in [-0.3, -0.25) is 4.79 Å². The zero-order chi connectivity index (χ0) is 15.6. The molecule has 2 N–H and O–H groups in total. The average Bonchev–Trinajstić information content (AvgIpc) is 3.05. The molecule has 0 radical (unpaired) electrons. The van der Waals surface area contributed by atoms with Gasteiger partial charge in [0, 0.05) is 6.54 Å². The first-order chi connectivity index (χ1) is 9.79.